The molecule has 0 N–H and O–H groups in total. The van der Waals surface area contributed by atoms with Crippen molar-refractivity contribution in [2.75, 3.05) is 13.2 Å². The number of carbonyl (C=O) groups excluding carboxylic acids is 1. The molecule has 0 bridgehead atoms. The van der Waals surface area contributed by atoms with Crippen LogP contribution in [0.15, 0.2) is 41.5 Å². The van der Waals surface area contributed by atoms with Crippen LogP contribution in [0.2, 0.25) is 0 Å². The number of esters is 1. The number of para-hydroxylation sites is 1. The lowest BCUT2D eigenvalue weighted by Gasteiger charge is -2.17. The van der Waals surface area contributed by atoms with Crippen LogP contribution >= 0.6 is 11.3 Å². The minimum atomic E-state index is -0.474. The van der Waals surface area contributed by atoms with E-state index in [9.17, 15) is 9.59 Å². The van der Waals surface area contributed by atoms with E-state index in [4.69, 9.17) is 9.47 Å². The van der Waals surface area contributed by atoms with Crippen LogP contribution in [-0.2, 0) is 28.9 Å². The van der Waals surface area contributed by atoms with Crippen molar-refractivity contribution in [1.29, 1.82) is 0 Å². The van der Waals surface area contributed by atoms with Crippen LogP contribution in [-0.4, -0.2) is 28.7 Å². The summed E-state index contributed by atoms with van der Waals surface area (Å²) in [5.41, 5.74) is 0.962. The van der Waals surface area contributed by atoms with E-state index in [-0.39, 0.29) is 25.3 Å². The lowest BCUT2D eigenvalue weighted by Crippen LogP contribution is -2.27. The summed E-state index contributed by atoms with van der Waals surface area (Å²) in [5.74, 6) is 0.884. The molecule has 0 spiro atoms. The number of hydrogen-bond donors (Lipinski definition) is 0. The summed E-state index contributed by atoms with van der Waals surface area (Å²) in [5, 5.41) is 0.676. The molecule has 2 aromatic heterocycles. The fraction of sp³-hybridized carbons (Fsp3) is 0.381. The van der Waals surface area contributed by atoms with E-state index in [2.05, 4.69) is 11.9 Å². The SMILES string of the molecule is C[C@@H]1CCc2c(sc3ncn(CC(=O)OCCOc4ccccc4)c(=O)c23)C1. The summed E-state index contributed by atoms with van der Waals surface area (Å²) in [4.78, 5) is 31.4. The predicted molar refractivity (Wildman–Crippen MR) is 108 cm³/mol. The number of aryl methyl sites for hydroxylation is 1. The highest BCUT2D eigenvalue weighted by molar-refractivity contribution is 7.18. The van der Waals surface area contributed by atoms with E-state index in [0.717, 1.165) is 35.4 Å². The molecule has 1 atom stereocenters. The third-order valence-electron chi connectivity index (χ3n) is 4.94. The van der Waals surface area contributed by atoms with Gasteiger partial charge in [-0.2, -0.15) is 0 Å². The van der Waals surface area contributed by atoms with Crippen molar-refractivity contribution in [3.63, 3.8) is 0 Å². The molecule has 0 unspecified atom stereocenters. The van der Waals surface area contributed by atoms with Crippen LogP contribution in [0.25, 0.3) is 10.2 Å². The molecular weight excluding hydrogens is 376 g/mol. The van der Waals surface area contributed by atoms with Crippen molar-refractivity contribution in [2.24, 2.45) is 5.92 Å². The molecule has 6 nitrogen and oxygen atoms in total. The van der Waals surface area contributed by atoms with Gasteiger partial charge in [0.05, 0.1) is 11.7 Å². The number of ether oxygens (including phenoxy) is 2. The monoisotopic (exact) mass is 398 g/mol. The molecule has 1 aliphatic rings. The summed E-state index contributed by atoms with van der Waals surface area (Å²) in [6.07, 6.45) is 4.42. The molecule has 2 heterocycles. The molecule has 0 aliphatic heterocycles. The Morgan fingerprint density at radius 1 is 1.29 bits per heavy atom. The minimum absolute atomic E-state index is 0.129. The van der Waals surface area contributed by atoms with Gasteiger partial charge in [0.25, 0.3) is 5.56 Å². The van der Waals surface area contributed by atoms with Crippen molar-refractivity contribution in [2.45, 2.75) is 32.7 Å². The van der Waals surface area contributed by atoms with Gasteiger partial charge >= 0.3 is 5.97 Å². The van der Waals surface area contributed by atoms with Gasteiger partial charge in [-0.05, 0) is 42.9 Å². The van der Waals surface area contributed by atoms with Crippen LogP contribution in [0.5, 0.6) is 5.75 Å². The van der Waals surface area contributed by atoms with Crippen LogP contribution in [0.3, 0.4) is 0 Å². The molecular formula is C21H22N2O4S. The maximum Gasteiger partial charge on any atom is 0.326 e. The maximum absolute atomic E-state index is 12.9. The molecule has 4 rings (SSSR count). The zero-order chi connectivity index (χ0) is 19.5. The Bertz CT molecular complexity index is 1040. The number of thiophene rings is 1. The molecule has 0 fully saturated rings. The average molecular weight is 398 g/mol. The largest absolute Gasteiger partial charge is 0.490 e. The smallest absolute Gasteiger partial charge is 0.326 e. The molecule has 0 saturated heterocycles. The fourth-order valence-corrected chi connectivity index (χ4v) is 4.84. The van der Waals surface area contributed by atoms with Crippen molar-refractivity contribution >= 4 is 27.5 Å². The van der Waals surface area contributed by atoms with Crippen molar-refractivity contribution < 1.29 is 14.3 Å². The molecule has 28 heavy (non-hydrogen) atoms. The number of fused-ring (bicyclic) bond motifs is 3. The van der Waals surface area contributed by atoms with Crippen LogP contribution in [0.1, 0.15) is 23.8 Å². The number of benzene rings is 1. The highest BCUT2D eigenvalue weighted by atomic mass is 32.1. The van der Waals surface area contributed by atoms with E-state index >= 15 is 0 Å². The Morgan fingerprint density at radius 3 is 2.93 bits per heavy atom. The van der Waals surface area contributed by atoms with E-state index in [0.29, 0.717) is 11.3 Å². The Kier molecular flexibility index (Phi) is 5.43. The van der Waals surface area contributed by atoms with Crippen molar-refractivity contribution in [1.82, 2.24) is 9.55 Å². The number of aromatic nitrogens is 2. The van der Waals surface area contributed by atoms with Crippen LogP contribution in [0.4, 0.5) is 0 Å². The minimum Gasteiger partial charge on any atom is -0.490 e. The third kappa shape index (κ3) is 3.94. The van der Waals surface area contributed by atoms with E-state index in [1.807, 2.05) is 30.3 Å². The topological polar surface area (TPSA) is 70.4 Å². The molecule has 7 heteroatoms. The highest BCUT2D eigenvalue weighted by Crippen LogP contribution is 2.35. The molecule has 3 aromatic rings. The average Bonchev–Trinajstić information content (AvgIpc) is 3.06. The molecule has 0 saturated carbocycles. The molecule has 0 radical (unpaired) electrons. The second-order valence-electron chi connectivity index (χ2n) is 7.09. The second kappa shape index (κ2) is 8.14. The molecule has 1 aliphatic carbocycles. The normalized spacial score (nSPS) is 16.0. The van der Waals surface area contributed by atoms with E-state index in [1.54, 1.807) is 11.3 Å². The Labute approximate surface area is 166 Å². The van der Waals surface area contributed by atoms with Gasteiger partial charge in [0.15, 0.2) is 0 Å². The Morgan fingerprint density at radius 2 is 2.11 bits per heavy atom. The fourth-order valence-electron chi connectivity index (χ4n) is 3.50. The number of hydrogen-bond acceptors (Lipinski definition) is 6. The quantitative estimate of drug-likeness (QED) is 0.471. The summed E-state index contributed by atoms with van der Waals surface area (Å²) in [6.45, 7) is 2.48. The summed E-state index contributed by atoms with van der Waals surface area (Å²) in [7, 11) is 0. The summed E-state index contributed by atoms with van der Waals surface area (Å²) < 4.78 is 12.0. The summed E-state index contributed by atoms with van der Waals surface area (Å²) in [6, 6.07) is 9.33. The van der Waals surface area contributed by atoms with E-state index < -0.39 is 5.97 Å². The highest BCUT2D eigenvalue weighted by Gasteiger charge is 2.23. The zero-order valence-electron chi connectivity index (χ0n) is 15.7. The van der Waals surface area contributed by atoms with Gasteiger partial charge in [0.1, 0.15) is 30.3 Å². The van der Waals surface area contributed by atoms with Gasteiger partial charge in [0, 0.05) is 4.88 Å². The van der Waals surface area contributed by atoms with Gasteiger partial charge in [0.2, 0.25) is 0 Å². The van der Waals surface area contributed by atoms with Gasteiger partial charge in [-0.3, -0.25) is 14.2 Å². The first kappa shape index (κ1) is 18.7. The van der Waals surface area contributed by atoms with Gasteiger partial charge in [-0.25, -0.2) is 4.98 Å². The van der Waals surface area contributed by atoms with E-state index in [1.165, 1.54) is 15.8 Å². The van der Waals surface area contributed by atoms with Crippen molar-refractivity contribution in [3.05, 3.63) is 57.5 Å². The molecule has 146 valence electrons. The predicted octanol–water partition coefficient (Wildman–Crippen LogP) is 3.21. The first-order chi connectivity index (χ1) is 13.6. The first-order valence-corrected chi connectivity index (χ1v) is 10.3. The molecule has 0 amide bonds. The lowest BCUT2D eigenvalue weighted by atomic mass is 9.89. The second-order valence-corrected chi connectivity index (χ2v) is 8.18. The van der Waals surface area contributed by atoms with Crippen molar-refractivity contribution in [3.8, 4) is 5.75 Å². The Hall–Kier alpha value is -2.67. The first-order valence-electron chi connectivity index (χ1n) is 9.45. The standard InChI is InChI=1S/C21H22N2O4S/c1-14-7-8-16-17(11-14)28-20-19(16)21(25)23(13-22-20)12-18(24)27-10-9-26-15-5-3-2-4-6-15/h2-6,13-14H,7-12H2,1H3/t14-/m1/s1. The zero-order valence-corrected chi connectivity index (χ0v) is 16.5. The van der Waals surface area contributed by atoms with Gasteiger partial charge in [-0.15, -0.1) is 11.3 Å². The number of rotatable bonds is 6. The summed E-state index contributed by atoms with van der Waals surface area (Å²) >= 11 is 1.60. The maximum atomic E-state index is 12.9. The van der Waals surface area contributed by atoms with Gasteiger partial charge < -0.3 is 9.47 Å². The molecule has 1 aromatic carbocycles. The lowest BCUT2D eigenvalue weighted by molar-refractivity contribution is -0.145. The number of carbonyl (C=O) groups is 1. The third-order valence-corrected chi connectivity index (χ3v) is 6.10. The van der Waals surface area contributed by atoms with Crippen LogP contribution in [0, 0.1) is 5.92 Å². The van der Waals surface area contributed by atoms with Gasteiger partial charge in [-0.1, -0.05) is 25.1 Å². The Balaban J connectivity index is 1.39. The number of nitrogens with zero attached hydrogens (tertiary/aromatic N) is 2. The van der Waals surface area contributed by atoms with Crippen LogP contribution < -0.4 is 10.3 Å².